The number of ether oxygens (including phenoxy) is 4. The van der Waals surface area contributed by atoms with E-state index in [0.717, 1.165) is 24.0 Å². The van der Waals surface area contributed by atoms with Gasteiger partial charge in [0.05, 0.1) is 12.4 Å². The lowest BCUT2D eigenvalue weighted by Crippen LogP contribution is -2.37. The van der Waals surface area contributed by atoms with E-state index >= 15 is 0 Å². The Kier molecular flexibility index (Phi) is 18.8. The number of hydrogen-bond acceptors (Lipinski definition) is 6. The number of esters is 1. The Labute approximate surface area is 200 Å². The summed E-state index contributed by atoms with van der Waals surface area (Å²) in [5.74, 6) is 0.0918. The van der Waals surface area contributed by atoms with Gasteiger partial charge in [-0.15, -0.1) is 13.2 Å². The van der Waals surface area contributed by atoms with Gasteiger partial charge < -0.3 is 24.3 Å². The van der Waals surface area contributed by atoms with E-state index in [1.54, 1.807) is 13.8 Å². The summed E-state index contributed by atoms with van der Waals surface area (Å²) in [6.45, 7) is 27.2. The van der Waals surface area contributed by atoms with Crippen LogP contribution in [-0.4, -0.2) is 45.2 Å². The van der Waals surface area contributed by atoms with Crippen molar-refractivity contribution < 1.29 is 28.5 Å². The zero-order valence-corrected chi connectivity index (χ0v) is 21.6. The van der Waals surface area contributed by atoms with Crippen LogP contribution in [0.4, 0.5) is 4.79 Å². The van der Waals surface area contributed by atoms with E-state index in [1.165, 1.54) is 0 Å². The number of allylic oxidation sites excluding steroid dienone is 3. The van der Waals surface area contributed by atoms with E-state index in [0.29, 0.717) is 24.2 Å². The average Bonchev–Trinajstić information content (AvgIpc) is 2.75. The van der Waals surface area contributed by atoms with Crippen molar-refractivity contribution in [3.63, 3.8) is 0 Å². The molecule has 7 nitrogen and oxygen atoms in total. The molecule has 0 spiro atoms. The molecular weight excluding hydrogens is 422 g/mol. The summed E-state index contributed by atoms with van der Waals surface area (Å²) >= 11 is 0. The molecule has 0 saturated heterocycles. The highest BCUT2D eigenvalue weighted by Gasteiger charge is 2.33. The number of carbonyl (C=O) groups is 2. The minimum absolute atomic E-state index is 0.0745. The SMILES string of the molecule is C=C(C)CCC(CCC(=C)C)(COC(=O)NCCOCOC(=C)C)COC(=O)C(=C)C.CC. The number of carbonyl (C=O) groups excluding carboxylic acids is 2. The van der Waals surface area contributed by atoms with E-state index in [4.69, 9.17) is 18.9 Å². The van der Waals surface area contributed by atoms with Crippen LogP contribution >= 0.6 is 0 Å². The molecule has 0 atom stereocenters. The normalized spacial score (nSPS) is 10.2. The first-order valence-corrected chi connectivity index (χ1v) is 11.4. The monoisotopic (exact) mass is 467 g/mol. The van der Waals surface area contributed by atoms with Crippen molar-refractivity contribution >= 4 is 12.1 Å². The predicted molar refractivity (Wildman–Crippen MR) is 134 cm³/mol. The van der Waals surface area contributed by atoms with Gasteiger partial charge in [-0.2, -0.15) is 0 Å². The fourth-order valence-corrected chi connectivity index (χ4v) is 2.45. The second-order valence-corrected chi connectivity index (χ2v) is 8.15. The molecule has 0 rings (SSSR count). The molecule has 0 aromatic heterocycles. The number of hydrogen-bond donors (Lipinski definition) is 1. The van der Waals surface area contributed by atoms with Gasteiger partial charge in [0.15, 0.2) is 6.79 Å². The van der Waals surface area contributed by atoms with E-state index in [9.17, 15) is 9.59 Å². The molecule has 0 aliphatic carbocycles. The largest absolute Gasteiger partial charge is 0.473 e. The third-order valence-corrected chi connectivity index (χ3v) is 4.44. The smallest absolute Gasteiger partial charge is 0.407 e. The number of nitrogens with one attached hydrogen (secondary N) is 1. The molecule has 33 heavy (non-hydrogen) atoms. The molecule has 0 heterocycles. The highest BCUT2D eigenvalue weighted by molar-refractivity contribution is 5.86. The predicted octanol–water partition coefficient (Wildman–Crippen LogP) is 6.08. The van der Waals surface area contributed by atoms with Crippen LogP contribution in [0.2, 0.25) is 0 Å². The van der Waals surface area contributed by atoms with Crippen LogP contribution in [-0.2, 0) is 23.7 Å². The van der Waals surface area contributed by atoms with Crippen LogP contribution in [0, 0.1) is 5.41 Å². The Morgan fingerprint density at radius 1 is 0.818 bits per heavy atom. The molecule has 0 aliphatic rings. The highest BCUT2D eigenvalue weighted by atomic mass is 16.7. The topological polar surface area (TPSA) is 83.1 Å². The van der Waals surface area contributed by atoms with Crippen LogP contribution in [0.15, 0.2) is 48.8 Å². The van der Waals surface area contributed by atoms with Crippen molar-refractivity contribution in [1.82, 2.24) is 5.32 Å². The van der Waals surface area contributed by atoms with E-state index in [2.05, 4.69) is 31.6 Å². The molecule has 0 saturated carbocycles. The minimum atomic E-state index is -0.564. The van der Waals surface area contributed by atoms with Crippen molar-refractivity contribution in [2.45, 2.75) is 67.2 Å². The van der Waals surface area contributed by atoms with Gasteiger partial charge in [0.2, 0.25) is 0 Å². The van der Waals surface area contributed by atoms with Crippen LogP contribution in [0.1, 0.15) is 67.2 Å². The Hall–Kier alpha value is -2.54. The van der Waals surface area contributed by atoms with E-state index in [1.807, 2.05) is 27.7 Å². The van der Waals surface area contributed by atoms with Crippen LogP contribution < -0.4 is 5.32 Å². The zero-order valence-electron chi connectivity index (χ0n) is 21.6. The quantitative estimate of drug-likeness (QED) is 0.0697. The van der Waals surface area contributed by atoms with Gasteiger partial charge in [-0.3, -0.25) is 0 Å². The number of amides is 1. The van der Waals surface area contributed by atoms with Crippen molar-refractivity contribution in [2.24, 2.45) is 5.41 Å². The maximum absolute atomic E-state index is 12.2. The van der Waals surface area contributed by atoms with Crippen LogP contribution in [0.3, 0.4) is 0 Å². The second-order valence-electron chi connectivity index (χ2n) is 8.15. The maximum atomic E-state index is 12.2. The van der Waals surface area contributed by atoms with Crippen molar-refractivity contribution in [3.05, 3.63) is 48.8 Å². The third-order valence-electron chi connectivity index (χ3n) is 4.44. The Bertz CT molecular complexity index is 635. The molecule has 0 unspecified atom stereocenters. The van der Waals surface area contributed by atoms with Crippen molar-refractivity contribution in [2.75, 3.05) is 33.2 Å². The van der Waals surface area contributed by atoms with E-state index in [-0.39, 0.29) is 33.2 Å². The number of rotatable bonds is 17. The summed E-state index contributed by atoms with van der Waals surface area (Å²) in [5, 5.41) is 2.64. The summed E-state index contributed by atoms with van der Waals surface area (Å²) in [6.07, 6.45) is 2.21. The Morgan fingerprint density at radius 3 is 1.79 bits per heavy atom. The lowest BCUT2D eigenvalue weighted by atomic mass is 9.78. The van der Waals surface area contributed by atoms with Gasteiger partial charge in [0, 0.05) is 17.5 Å². The zero-order chi connectivity index (χ0) is 25.9. The molecule has 1 N–H and O–H groups in total. The first kappa shape index (κ1) is 32.6. The maximum Gasteiger partial charge on any atom is 0.407 e. The molecule has 0 fully saturated rings. The fourth-order valence-electron chi connectivity index (χ4n) is 2.45. The lowest BCUT2D eigenvalue weighted by molar-refractivity contribution is -0.144. The van der Waals surface area contributed by atoms with E-state index < -0.39 is 17.5 Å². The molecule has 190 valence electrons. The summed E-state index contributed by atoms with van der Waals surface area (Å²) in [5.41, 5.74) is 1.78. The molecule has 1 amide bonds. The van der Waals surface area contributed by atoms with Crippen LogP contribution in [0.5, 0.6) is 0 Å². The minimum Gasteiger partial charge on any atom is -0.473 e. The van der Waals surface area contributed by atoms with Gasteiger partial charge >= 0.3 is 12.1 Å². The van der Waals surface area contributed by atoms with Gasteiger partial charge in [0.1, 0.15) is 13.2 Å². The Morgan fingerprint density at radius 2 is 1.33 bits per heavy atom. The van der Waals surface area contributed by atoms with Crippen LogP contribution in [0.25, 0.3) is 0 Å². The summed E-state index contributed by atoms with van der Waals surface area (Å²) in [6, 6.07) is 0. The van der Waals surface area contributed by atoms with Crippen molar-refractivity contribution in [1.29, 1.82) is 0 Å². The number of alkyl carbamates (subject to hydrolysis) is 1. The van der Waals surface area contributed by atoms with Gasteiger partial charge in [-0.1, -0.05) is 38.2 Å². The average molecular weight is 468 g/mol. The Balaban J connectivity index is 0. The van der Waals surface area contributed by atoms with Crippen molar-refractivity contribution in [3.8, 4) is 0 Å². The van der Waals surface area contributed by atoms with Gasteiger partial charge in [-0.25, -0.2) is 9.59 Å². The summed E-state index contributed by atoms with van der Waals surface area (Å²) in [4.78, 5) is 24.1. The highest BCUT2D eigenvalue weighted by Crippen LogP contribution is 2.34. The van der Waals surface area contributed by atoms with Gasteiger partial charge in [-0.05, 0) is 53.4 Å². The standard InChI is InChI=1S/C24H39NO6.C2H6/c1-18(2)9-11-24(12-10-19(3)4,15-29-22(26)20(5)6)16-30-23(27)25-13-14-28-17-31-21(7)8;1-2/h1,3,5,7,9-17H2,2,4,6,8H3,(H,25,27);1-2H3. The molecule has 0 bridgehead atoms. The molecule has 0 aromatic carbocycles. The second kappa shape index (κ2) is 19.0. The fraction of sp³-hybridized carbons (Fsp3) is 0.615. The summed E-state index contributed by atoms with van der Waals surface area (Å²) < 4.78 is 21.2. The lowest BCUT2D eigenvalue weighted by Gasteiger charge is -2.33. The molecule has 7 heteroatoms. The third kappa shape index (κ3) is 18.7. The first-order chi connectivity index (χ1) is 15.5. The molecule has 0 aliphatic heterocycles. The summed E-state index contributed by atoms with van der Waals surface area (Å²) in [7, 11) is 0. The molecule has 0 radical (unpaired) electrons. The first-order valence-electron chi connectivity index (χ1n) is 11.4. The molecular formula is C26H45NO6. The molecule has 0 aromatic rings. The van der Waals surface area contributed by atoms with Gasteiger partial charge in [0.25, 0.3) is 0 Å².